The first-order valence-electron chi connectivity index (χ1n) is 3.94. The fraction of sp³-hybridized carbons (Fsp3) is 1.00. The van der Waals surface area contributed by atoms with E-state index in [4.69, 9.17) is 4.74 Å². The van der Waals surface area contributed by atoms with Crippen molar-refractivity contribution in [2.45, 2.75) is 18.8 Å². The van der Waals surface area contributed by atoms with Gasteiger partial charge in [-0.15, -0.1) is 0 Å². The van der Waals surface area contributed by atoms with Crippen LogP contribution in [0.15, 0.2) is 0 Å². The van der Waals surface area contributed by atoms with Crippen LogP contribution in [-0.4, -0.2) is 25.7 Å². The molecule has 0 radical (unpaired) electrons. The second kappa shape index (κ2) is 4.11. The van der Waals surface area contributed by atoms with E-state index in [0.29, 0.717) is 26.1 Å². The van der Waals surface area contributed by atoms with E-state index in [9.17, 15) is 8.78 Å². The second-order valence-corrected chi connectivity index (χ2v) is 2.96. The molecular weight excluding hydrogens is 168 g/mol. The third kappa shape index (κ3) is 2.36. The third-order valence-corrected chi connectivity index (χ3v) is 2.09. The van der Waals surface area contributed by atoms with Crippen LogP contribution in [0.2, 0.25) is 0 Å². The van der Waals surface area contributed by atoms with E-state index < -0.39 is 18.4 Å². The number of nitrogens with two attached hydrogens (primary N) is 1. The molecule has 5 heteroatoms. The van der Waals surface area contributed by atoms with E-state index in [1.165, 1.54) is 0 Å². The van der Waals surface area contributed by atoms with Crippen LogP contribution in [0.5, 0.6) is 0 Å². The maximum Gasteiger partial charge on any atom is 0.275 e. The van der Waals surface area contributed by atoms with Crippen molar-refractivity contribution in [3.05, 3.63) is 0 Å². The zero-order chi connectivity index (χ0) is 9.03. The molecule has 2 N–H and O–H groups in total. The van der Waals surface area contributed by atoms with Crippen molar-refractivity contribution in [2.75, 3.05) is 19.8 Å². The van der Waals surface area contributed by atoms with Gasteiger partial charge in [0.05, 0.1) is 0 Å². The molecule has 0 atom stereocenters. The monoisotopic (exact) mass is 181 g/mol. The zero-order valence-electron chi connectivity index (χ0n) is 6.76. The summed E-state index contributed by atoms with van der Waals surface area (Å²) in [6.45, 7) is 0.118. The average Bonchev–Trinajstić information content (AvgIpc) is 2.06. The lowest BCUT2D eigenvalue weighted by molar-refractivity contribution is -0.140. The van der Waals surface area contributed by atoms with E-state index in [0.717, 1.165) is 0 Å². The third-order valence-electron chi connectivity index (χ3n) is 2.09. The molecule has 0 bridgehead atoms. The van der Waals surface area contributed by atoms with Gasteiger partial charge in [0.25, 0.3) is 5.92 Å². The van der Waals surface area contributed by atoms with Gasteiger partial charge in [0.1, 0.15) is 6.61 Å². The van der Waals surface area contributed by atoms with Crippen molar-refractivity contribution in [2.24, 2.45) is 11.8 Å². The Morgan fingerprint density at radius 1 is 1.42 bits per heavy atom. The minimum absolute atomic E-state index is 0.385. The molecule has 1 aliphatic rings. The van der Waals surface area contributed by atoms with Crippen LogP contribution in [-0.2, 0) is 9.57 Å². The topological polar surface area (TPSA) is 44.5 Å². The minimum Gasteiger partial charge on any atom is -0.381 e. The standard InChI is InChI=1S/C7H13F2NO2/c8-7(9,5-12-10)6-1-3-11-4-2-6/h6H,1-5,10H2. The fourth-order valence-corrected chi connectivity index (χ4v) is 1.35. The molecule has 1 fully saturated rings. The molecule has 0 saturated carbocycles. The van der Waals surface area contributed by atoms with Gasteiger partial charge in [-0.3, -0.25) is 4.84 Å². The van der Waals surface area contributed by atoms with Crippen molar-refractivity contribution in [3.8, 4) is 0 Å². The summed E-state index contributed by atoms with van der Waals surface area (Å²) >= 11 is 0. The largest absolute Gasteiger partial charge is 0.381 e. The number of halogens is 2. The average molecular weight is 181 g/mol. The normalized spacial score (nSPS) is 21.2. The van der Waals surface area contributed by atoms with Crippen molar-refractivity contribution >= 4 is 0 Å². The molecule has 1 aliphatic heterocycles. The number of rotatable bonds is 3. The van der Waals surface area contributed by atoms with Gasteiger partial charge in [0.2, 0.25) is 0 Å². The van der Waals surface area contributed by atoms with Crippen molar-refractivity contribution < 1.29 is 18.4 Å². The van der Waals surface area contributed by atoms with E-state index in [2.05, 4.69) is 10.7 Å². The molecule has 12 heavy (non-hydrogen) atoms. The molecule has 0 aromatic carbocycles. The van der Waals surface area contributed by atoms with Crippen molar-refractivity contribution in [1.29, 1.82) is 0 Å². The van der Waals surface area contributed by atoms with Crippen LogP contribution >= 0.6 is 0 Å². The maximum atomic E-state index is 13.0. The van der Waals surface area contributed by atoms with Gasteiger partial charge in [-0.25, -0.2) is 14.7 Å². The van der Waals surface area contributed by atoms with Crippen molar-refractivity contribution in [3.63, 3.8) is 0 Å². The Balaban J connectivity index is 2.41. The summed E-state index contributed by atoms with van der Waals surface area (Å²) in [5, 5.41) is 0. The van der Waals surface area contributed by atoms with Gasteiger partial charge >= 0.3 is 0 Å². The first kappa shape index (κ1) is 9.83. The Hall–Kier alpha value is -0.260. The zero-order valence-corrected chi connectivity index (χ0v) is 6.76. The van der Waals surface area contributed by atoms with Crippen LogP contribution in [0, 0.1) is 5.92 Å². The molecule has 0 amide bonds. The lowest BCUT2D eigenvalue weighted by Crippen LogP contribution is -2.38. The summed E-state index contributed by atoms with van der Waals surface area (Å²) in [4.78, 5) is 3.97. The predicted molar refractivity (Wildman–Crippen MR) is 38.6 cm³/mol. The van der Waals surface area contributed by atoms with Crippen molar-refractivity contribution in [1.82, 2.24) is 0 Å². The van der Waals surface area contributed by atoms with Crippen LogP contribution < -0.4 is 5.90 Å². The van der Waals surface area contributed by atoms with E-state index in [1.54, 1.807) is 0 Å². The summed E-state index contributed by atoms with van der Waals surface area (Å²) in [6.07, 6.45) is 0.771. The first-order chi connectivity index (χ1) is 5.67. The maximum absolute atomic E-state index is 13.0. The Morgan fingerprint density at radius 2 is 2.00 bits per heavy atom. The summed E-state index contributed by atoms with van der Waals surface area (Å²) in [5.74, 6) is 1.16. The number of hydrogen-bond acceptors (Lipinski definition) is 3. The quantitative estimate of drug-likeness (QED) is 0.659. The Morgan fingerprint density at radius 3 is 2.50 bits per heavy atom. The van der Waals surface area contributed by atoms with E-state index in [-0.39, 0.29) is 0 Å². The van der Waals surface area contributed by atoms with Gasteiger partial charge in [-0.2, -0.15) is 0 Å². The molecule has 1 heterocycles. The van der Waals surface area contributed by atoms with Gasteiger partial charge in [0.15, 0.2) is 0 Å². The highest BCUT2D eigenvalue weighted by atomic mass is 19.3. The van der Waals surface area contributed by atoms with Gasteiger partial charge in [-0.05, 0) is 12.8 Å². The molecule has 0 aromatic heterocycles. The van der Waals surface area contributed by atoms with Gasteiger partial charge < -0.3 is 4.74 Å². The van der Waals surface area contributed by atoms with Crippen LogP contribution in [0.1, 0.15) is 12.8 Å². The fourth-order valence-electron chi connectivity index (χ4n) is 1.35. The molecule has 0 aromatic rings. The summed E-state index contributed by atoms with van der Waals surface area (Å²) < 4.78 is 31.1. The number of alkyl halides is 2. The second-order valence-electron chi connectivity index (χ2n) is 2.96. The Labute approximate surface area is 69.8 Å². The summed E-state index contributed by atoms with van der Waals surface area (Å²) in [5.41, 5.74) is 0. The highest BCUT2D eigenvalue weighted by Crippen LogP contribution is 2.32. The molecule has 3 nitrogen and oxygen atoms in total. The number of ether oxygens (including phenoxy) is 1. The Bertz CT molecular complexity index is 137. The SMILES string of the molecule is NOCC(F)(F)C1CCOCC1. The van der Waals surface area contributed by atoms with Gasteiger partial charge in [-0.1, -0.05) is 0 Å². The molecule has 0 unspecified atom stereocenters. The molecule has 72 valence electrons. The first-order valence-corrected chi connectivity index (χ1v) is 3.94. The molecule has 1 saturated heterocycles. The molecule has 0 spiro atoms. The molecule has 0 aliphatic carbocycles. The predicted octanol–water partition coefficient (Wildman–Crippen LogP) is 0.939. The highest BCUT2D eigenvalue weighted by Gasteiger charge is 2.40. The summed E-state index contributed by atoms with van der Waals surface area (Å²) in [7, 11) is 0. The lowest BCUT2D eigenvalue weighted by Gasteiger charge is -2.28. The molecular formula is C7H13F2NO2. The minimum atomic E-state index is -2.81. The highest BCUT2D eigenvalue weighted by molar-refractivity contribution is 4.78. The smallest absolute Gasteiger partial charge is 0.275 e. The number of hydrogen-bond donors (Lipinski definition) is 1. The van der Waals surface area contributed by atoms with E-state index in [1.807, 2.05) is 0 Å². The summed E-state index contributed by atoms with van der Waals surface area (Å²) in [6, 6.07) is 0. The molecule has 1 rings (SSSR count). The van der Waals surface area contributed by atoms with Crippen LogP contribution in [0.3, 0.4) is 0 Å². The lowest BCUT2D eigenvalue weighted by atomic mass is 9.93. The van der Waals surface area contributed by atoms with Crippen LogP contribution in [0.4, 0.5) is 8.78 Å². The van der Waals surface area contributed by atoms with E-state index >= 15 is 0 Å². The van der Waals surface area contributed by atoms with Gasteiger partial charge in [0, 0.05) is 19.1 Å². The van der Waals surface area contributed by atoms with Crippen LogP contribution in [0.25, 0.3) is 0 Å². The Kier molecular flexibility index (Phi) is 3.37.